The topological polar surface area (TPSA) is 29.5 Å². The van der Waals surface area contributed by atoms with Gasteiger partial charge in [-0.3, -0.25) is 4.79 Å². The van der Waals surface area contributed by atoms with Gasteiger partial charge in [-0.1, -0.05) is 20.8 Å². The first-order valence-electron chi connectivity index (χ1n) is 5.28. The van der Waals surface area contributed by atoms with E-state index in [1.807, 2.05) is 0 Å². The summed E-state index contributed by atoms with van der Waals surface area (Å²) in [6, 6.07) is -0.487. The summed E-state index contributed by atoms with van der Waals surface area (Å²) in [5.74, 6) is -0.568. The Balaban J connectivity index is 2.93. The normalized spacial score (nSPS) is 26.6. The largest absolute Gasteiger partial charge is 0.433 e. The van der Waals surface area contributed by atoms with Crippen molar-refractivity contribution in [2.75, 3.05) is 6.61 Å². The summed E-state index contributed by atoms with van der Waals surface area (Å²) in [6.45, 7) is 5.06. The van der Waals surface area contributed by atoms with Crippen molar-refractivity contribution in [2.45, 2.75) is 45.6 Å². The molecule has 2 atom stereocenters. The van der Waals surface area contributed by atoms with Gasteiger partial charge in [-0.15, -0.1) is 0 Å². The molecule has 1 saturated heterocycles. The Kier molecular flexibility index (Phi) is 3.83. The number of hydrogen-bond donors (Lipinski definition) is 0. The fraction of sp³-hybridized carbons (Fsp3) is 0.900. The van der Waals surface area contributed by atoms with Crippen LogP contribution in [0.15, 0.2) is 0 Å². The molecule has 1 amide bonds. The van der Waals surface area contributed by atoms with Gasteiger partial charge < -0.3 is 9.64 Å². The van der Waals surface area contributed by atoms with Crippen molar-refractivity contribution in [1.82, 2.24) is 4.90 Å². The molecule has 0 spiro atoms. The molecular weight excluding hydrogens is 223 g/mol. The fourth-order valence-corrected chi connectivity index (χ4v) is 1.79. The number of alkyl halides is 3. The van der Waals surface area contributed by atoms with Crippen molar-refractivity contribution in [2.24, 2.45) is 5.92 Å². The van der Waals surface area contributed by atoms with E-state index < -0.39 is 24.4 Å². The van der Waals surface area contributed by atoms with Crippen LogP contribution in [0.25, 0.3) is 0 Å². The zero-order valence-corrected chi connectivity index (χ0v) is 9.54. The lowest BCUT2D eigenvalue weighted by Crippen LogP contribution is -2.50. The molecule has 16 heavy (non-hydrogen) atoms. The number of rotatable bonds is 2. The molecule has 1 heterocycles. The second-order valence-electron chi connectivity index (χ2n) is 4.19. The molecule has 0 aromatic heterocycles. The van der Waals surface area contributed by atoms with Gasteiger partial charge in [0.1, 0.15) is 0 Å². The first-order valence-corrected chi connectivity index (χ1v) is 5.28. The number of carbonyl (C=O) groups excluding carboxylic acids is 1. The summed E-state index contributed by atoms with van der Waals surface area (Å²) >= 11 is 0. The number of amides is 1. The molecule has 1 aliphatic rings. The lowest BCUT2D eigenvalue weighted by molar-refractivity contribution is -0.240. The van der Waals surface area contributed by atoms with Gasteiger partial charge in [-0.2, -0.15) is 13.2 Å². The van der Waals surface area contributed by atoms with Gasteiger partial charge in [0.25, 0.3) is 0 Å². The maximum atomic E-state index is 12.6. The standard InChI is InChI=1S/C10H16F3NO2/c1-4-8(15)14-7(6(2)3)5-16-9(14)10(11,12)13/h6-7,9H,4-5H2,1-3H3/t7-,9+/m1/s1. The molecular formula is C10H16F3NO2. The molecule has 0 aliphatic carbocycles. The summed E-state index contributed by atoms with van der Waals surface area (Å²) in [4.78, 5) is 12.4. The van der Waals surface area contributed by atoms with Crippen LogP contribution in [0.5, 0.6) is 0 Å². The predicted octanol–water partition coefficient (Wildman–Crippen LogP) is 2.17. The number of hydrogen-bond acceptors (Lipinski definition) is 2. The summed E-state index contributed by atoms with van der Waals surface area (Å²) < 4.78 is 42.6. The number of ether oxygens (including phenoxy) is 1. The van der Waals surface area contributed by atoms with E-state index in [9.17, 15) is 18.0 Å². The van der Waals surface area contributed by atoms with Crippen LogP contribution in [0.3, 0.4) is 0 Å². The van der Waals surface area contributed by atoms with Crippen LogP contribution < -0.4 is 0 Å². The summed E-state index contributed by atoms with van der Waals surface area (Å²) in [7, 11) is 0. The van der Waals surface area contributed by atoms with Crippen LogP contribution in [-0.2, 0) is 9.53 Å². The molecule has 0 aromatic carbocycles. The van der Waals surface area contributed by atoms with Gasteiger partial charge in [-0.05, 0) is 5.92 Å². The number of carbonyl (C=O) groups is 1. The Morgan fingerprint density at radius 2 is 2.06 bits per heavy atom. The molecule has 1 fully saturated rings. The third kappa shape index (κ3) is 2.48. The molecule has 1 aliphatic heterocycles. The van der Waals surface area contributed by atoms with E-state index in [1.165, 1.54) is 0 Å². The van der Waals surface area contributed by atoms with Crippen molar-refractivity contribution in [1.29, 1.82) is 0 Å². The predicted molar refractivity (Wildman–Crippen MR) is 51.6 cm³/mol. The van der Waals surface area contributed by atoms with E-state index >= 15 is 0 Å². The van der Waals surface area contributed by atoms with E-state index in [1.54, 1.807) is 20.8 Å². The Hall–Kier alpha value is -0.780. The zero-order valence-electron chi connectivity index (χ0n) is 9.54. The van der Waals surface area contributed by atoms with Crippen LogP contribution in [0.4, 0.5) is 13.2 Å². The van der Waals surface area contributed by atoms with Crippen molar-refractivity contribution >= 4 is 5.91 Å². The van der Waals surface area contributed by atoms with E-state index in [0.29, 0.717) is 0 Å². The van der Waals surface area contributed by atoms with Gasteiger partial charge in [0.2, 0.25) is 12.1 Å². The zero-order chi connectivity index (χ0) is 12.5. The minimum Gasteiger partial charge on any atom is -0.348 e. The van der Waals surface area contributed by atoms with Gasteiger partial charge in [0.05, 0.1) is 12.6 Å². The quantitative estimate of drug-likeness (QED) is 0.739. The molecule has 0 bridgehead atoms. The highest BCUT2D eigenvalue weighted by molar-refractivity contribution is 5.76. The van der Waals surface area contributed by atoms with Crippen molar-refractivity contribution < 1.29 is 22.7 Å². The van der Waals surface area contributed by atoms with Gasteiger partial charge in [0, 0.05) is 6.42 Å². The van der Waals surface area contributed by atoms with E-state index in [4.69, 9.17) is 4.74 Å². The third-order valence-corrected chi connectivity index (χ3v) is 2.67. The highest BCUT2D eigenvalue weighted by Gasteiger charge is 2.53. The molecule has 0 unspecified atom stereocenters. The summed E-state index contributed by atoms with van der Waals surface area (Å²) in [5.41, 5.74) is 0. The average Bonchev–Trinajstić information content (AvgIpc) is 2.59. The lowest BCUT2D eigenvalue weighted by atomic mass is 10.0. The number of halogens is 3. The monoisotopic (exact) mass is 239 g/mol. The van der Waals surface area contributed by atoms with Gasteiger partial charge in [-0.25, -0.2) is 0 Å². The van der Waals surface area contributed by atoms with Crippen molar-refractivity contribution in [3.8, 4) is 0 Å². The van der Waals surface area contributed by atoms with Crippen LogP contribution in [0.2, 0.25) is 0 Å². The first-order chi connectivity index (χ1) is 7.29. The van der Waals surface area contributed by atoms with Gasteiger partial charge >= 0.3 is 6.18 Å². The Morgan fingerprint density at radius 1 is 1.50 bits per heavy atom. The molecule has 1 rings (SSSR count). The molecule has 0 N–H and O–H groups in total. The minimum atomic E-state index is -4.52. The second kappa shape index (κ2) is 4.61. The highest BCUT2D eigenvalue weighted by atomic mass is 19.4. The summed E-state index contributed by atoms with van der Waals surface area (Å²) in [5, 5.41) is 0. The molecule has 0 saturated carbocycles. The Bertz CT molecular complexity index is 265. The lowest BCUT2D eigenvalue weighted by Gasteiger charge is -2.30. The van der Waals surface area contributed by atoms with E-state index in [0.717, 1.165) is 4.90 Å². The van der Waals surface area contributed by atoms with E-state index in [-0.39, 0.29) is 18.9 Å². The van der Waals surface area contributed by atoms with Gasteiger partial charge in [0.15, 0.2) is 0 Å². The fourth-order valence-electron chi connectivity index (χ4n) is 1.79. The highest BCUT2D eigenvalue weighted by Crippen LogP contribution is 2.34. The molecule has 94 valence electrons. The molecule has 0 aromatic rings. The summed E-state index contributed by atoms with van der Waals surface area (Å²) in [6.07, 6.45) is -6.54. The SMILES string of the molecule is CCC(=O)N1[C@@H](C(C)C)CO[C@H]1C(F)(F)F. The second-order valence-corrected chi connectivity index (χ2v) is 4.19. The average molecular weight is 239 g/mol. The smallest absolute Gasteiger partial charge is 0.348 e. The third-order valence-electron chi connectivity index (χ3n) is 2.67. The minimum absolute atomic E-state index is 0.0480. The number of nitrogens with zero attached hydrogens (tertiary/aromatic N) is 1. The van der Waals surface area contributed by atoms with Crippen LogP contribution in [0, 0.1) is 5.92 Å². The maximum Gasteiger partial charge on any atom is 0.433 e. The van der Waals surface area contributed by atoms with Crippen LogP contribution >= 0.6 is 0 Å². The Labute approximate surface area is 92.5 Å². The van der Waals surface area contributed by atoms with Crippen molar-refractivity contribution in [3.63, 3.8) is 0 Å². The molecule has 6 heteroatoms. The van der Waals surface area contributed by atoms with Crippen LogP contribution in [-0.4, -0.2) is 35.9 Å². The molecule has 0 radical (unpaired) electrons. The molecule has 3 nitrogen and oxygen atoms in total. The Morgan fingerprint density at radius 3 is 2.44 bits per heavy atom. The van der Waals surface area contributed by atoms with Crippen LogP contribution in [0.1, 0.15) is 27.2 Å². The maximum absolute atomic E-state index is 12.6. The van der Waals surface area contributed by atoms with Crippen molar-refractivity contribution in [3.05, 3.63) is 0 Å². The first kappa shape index (κ1) is 13.3. The van der Waals surface area contributed by atoms with E-state index in [2.05, 4.69) is 0 Å².